The lowest BCUT2D eigenvalue weighted by Gasteiger charge is -2.30. The van der Waals surface area contributed by atoms with Crippen molar-refractivity contribution in [3.63, 3.8) is 0 Å². The molecule has 1 aliphatic carbocycles. The zero-order valence-electron chi connectivity index (χ0n) is 9.91. The molecule has 1 heterocycles. The van der Waals surface area contributed by atoms with E-state index in [1.54, 1.807) is 12.5 Å². The highest BCUT2D eigenvalue weighted by Crippen LogP contribution is 2.33. The fourth-order valence-corrected chi connectivity index (χ4v) is 2.55. The number of rotatable bonds is 5. The molecular weight excluding hydrogens is 202 g/mol. The molecule has 16 heavy (non-hydrogen) atoms. The Labute approximate surface area is 96.8 Å². The summed E-state index contributed by atoms with van der Waals surface area (Å²) < 4.78 is 4.99. The van der Waals surface area contributed by atoms with Crippen LogP contribution in [0.15, 0.2) is 23.0 Å². The third-order valence-electron chi connectivity index (χ3n) is 3.63. The maximum Gasteiger partial charge on any atom is 0.0947 e. The van der Waals surface area contributed by atoms with Crippen molar-refractivity contribution in [2.45, 2.75) is 44.8 Å². The molecular formula is C13H21NO2. The maximum atomic E-state index is 10.4. The zero-order chi connectivity index (χ0) is 11.4. The van der Waals surface area contributed by atoms with Gasteiger partial charge < -0.3 is 14.8 Å². The van der Waals surface area contributed by atoms with E-state index in [1.807, 2.05) is 13.0 Å². The third kappa shape index (κ3) is 2.86. The Morgan fingerprint density at radius 2 is 2.25 bits per heavy atom. The van der Waals surface area contributed by atoms with Gasteiger partial charge in [-0.15, -0.1) is 0 Å². The van der Waals surface area contributed by atoms with Gasteiger partial charge in [0.15, 0.2) is 0 Å². The molecule has 1 aromatic heterocycles. The molecule has 0 spiro atoms. The minimum absolute atomic E-state index is 0.462. The average molecular weight is 223 g/mol. The summed E-state index contributed by atoms with van der Waals surface area (Å²) in [4.78, 5) is 0. The van der Waals surface area contributed by atoms with Crippen LogP contribution in [0.5, 0.6) is 0 Å². The van der Waals surface area contributed by atoms with Gasteiger partial charge in [0.1, 0.15) is 0 Å². The van der Waals surface area contributed by atoms with Gasteiger partial charge >= 0.3 is 0 Å². The second kappa shape index (κ2) is 5.02. The lowest BCUT2D eigenvalue weighted by molar-refractivity contribution is 0.00216. The van der Waals surface area contributed by atoms with Gasteiger partial charge in [-0.3, -0.25) is 0 Å². The minimum atomic E-state index is -0.569. The van der Waals surface area contributed by atoms with Crippen molar-refractivity contribution in [1.29, 1.82) is 0 Å². The molecule has 0 aromatic carbocycles. The van der Waals surface area contributed by atoms with Gasteiger partial charge in [0.05, 0.1) is 18.1 Å². The van der Waals surface area contributed by atoms with E-state index in [-0.39, 0.29) is 0 Å². The summed E-state index contributed by atoms with van der Waals surface area (Å²) in [5, 5.41) is 13.7. The van der Waals surface area contributed by atoms with Crippen LogP contribution in [-0.4, -0.2) is 17.3 Å². The first-order chi connectivity index (χ1) is 7.68. The summed E-state index contributed by atoms with van der Waals surface area (Å²) in [6.07, 6.45) is 8.27. The fourth-order valence-electron chi connectivity index (χ4n) is 2.55. The summed E-state index contributed by atoms with van der Waals surface area (Å²) in [5.41, 5.74) is 0.558. The molecule has 0 aliphatic heterocycles. The molecule has 0 radical (unpaired) electrons. The molecule has 1 aromatic rings. The van der Waals surface area contributed by atoms with Crippen LogP contribution in [0.3, 0.4) is 0 Å². The van der Waals surface area contributed by atoms with Crippen molar-refractivity contribution < 1.29 is 9.52 Å². The monoisotopic (exact) mass is 223 g/mol. The van der Waals surface area contributed by atoms with Crippen LogP contribution >= 0.6 is 0 Å². The van der Waals surface area contributed by atoms with Crippen molar-refractivity contribution in [2.24, 2.45) is 5.92 Å². The minimum Gasteiger partial charge on any atom is -0.472 e. The molecule has 2 rings (SSSR count). The van der Waals surface area contributed by atoms with E-state index in [2.05, 4.69) is 5.32 Å². The molecule has 3 nitrogen and oxygen atoms in total. The molecule has 90 valence electrons. The Hall–Kier alpha value is -0.800. The molecule has 0 amide bonds. The van der Waals surface area contributed by atoms with E-state index in [0.29, 0.717) is 12.5 Å². The molecule has 1 saturated carbocycles. The highest BCUT2D eigenvalue weighted by molar-refractivity contribution is 5.04. The Balaban J connectivity index is 1.75. The average Bonchev–Trinajstić information content (AvgIpc) is 2.90. The summed E-state index contributed by atoms with van der Waals surface area (Å²) in [6.45, 7) is 3.37. The fraction of sp³-hybridized carbons (Fsp3) is 0.692. The molecule has 1 atom stereocenters. The van der Waals surface area contributed by atoms with E-state index in [9.17, 15) is 5.11 Å². The van der Waals surface area contributed by atoms with Gasteiger partial charge in [-0.25, -0.2) is 0 Å². The predicted octanol–water partition coefficient (Wildman–Crippen LogP) is 2.31. The molecule has 3 heteroatoms. The lowest BCUT2D eigenvalue weighted by atomic mass is 9.88. The molecule has 0 saturated heterocycles. The SMILES string of the molecule is CC(O)(CNCc1ccoc1)C1CCCC1. The van der Waals surface area contributed by atoms with Crippen LogP contribution in [0.2, 0.25) is 0 Å². The number of nitrogens with one attached hydrogen (secondary N) is 1. The van der Waals surface area contributed by atoms with Crippen molar-refractivity contribution in [3.8, 4) is 0 Å². The van der Waals surface area contributed by atoms with E-state index < -0.39 is 5.60 Å². The van der Waals surface area contributed by atoms with E-state index in [1.165, 1.54) is 25.7 Å². The Morgan fingerprint density at radius 3 is 2.88 bits per heavy atom. The van der Waals surface area contributed by atoms with Crippen LogP contribution in [0.25, 0.3) is 0 Å². The van der Waals surface area contributed by atoms with Gasteiger partial charge in [0.25, 0.3) is 0 Å². The van der Waals surface area contributed by atoms with Crippen molar-refractivity contribution >= 4 is 0 Å². The van der Waals surface area contributed by atoms with Gasteiger partial charge in [-0.1, -0.05) is 12.8 Å². The number of hydrogen-bond acceptors (Lipinski definition) is 3. The van der Waals surface area contributed by atoms with Crippen LogP contribution in [0, 0.1) is 5.92 Å². The van der Waals surface area contributed by atoms with Crippen LogP contribution in [0.1, 0.15) is 38.2 Å². The Bertz CT molecular complexity index is 300. The van der Waals surface area contributed by atoms with Gasteiger partial charge in [-0.05, 0) is 31.7 Å². The highest BCUT2D eigenvalue weighted by atomic mass is 16.3. The first kappa shape index (κ1) is 11.7. The second-order valence-electron chi connectivity index (χ2n) is 5.07. The largest absolute Gasteiger partial charge is 0.472 e. The second-order valence-corrected chi connectivity index (χ2v) is 5.07. The molecule has 1 aliphatic rings. The Kier molecular flexibility index (Phi) is 3.66. The molecule has 2 N–H and O–H groups in total. The van der Waals surface area contributed by atoms with Crippen molar-refractivity contribution in [2.75, 3.05) is 6.54 Å². The maximum absolute atomic E-state index is 10.4. The number of hydrogen-bond donors (Lipinski definition) is 2. The van der Waals surface area contributed by atoms with Crippen LogP contribution in [0.4, 0.5) is 0 Å². The smallest absolute Gasteiger partial charge is 0.0947 e. The Morgan fingerprint density at radius 1 is 1.50 bits per heavy atom. The molecule has 1 unspecified atom stereocenters. The first-order valence-corrected chi connectivity index (χ1v) is 6.13. The summed E-state index contributed by atoms with van der Waals surface area (Å²) in [5.74, 6) is 0.462. The van der Waals surface area contributed by atoms with E-state index >= 15 is 0 Å². The van der Waals surface area contributed by atoms with Crippen LogP contribution in [-0.2, 0) is 6.54 Å². The zero-order valence-corrected chi connectivity index (χ0v) is 9.91. The van der Waals surface area contributed by atoms with E-state index in [4.69, 9.17) is 4.42 Å². The van der Waals surface area contributed by atoms with Crippen LogP contribution < -0.4 is 5.32 Å². The van der Waals surface area contributed by atoms with E-state index in [0.717, 1.165) is 12.1 Å². The third-order valence-corrected chi connectivity index (χ3v) is 3.63. The van der Waals surface area contributed by atoms with Crippen molar-refractivity contribution in [1.82, 2.24) is 5.32 Å². The van der Waals surface area contributed by atoms with Gasteiger partial charge in [-0.2, -0.15) is 0 Å². The van der Waals surface area contributed by atoms with Gasteiger partial charge in [0.2, 0.25) is 0 Å². The topological polar surface area (TPSA) is 45.4 Å². The number of aliphatic hydroxyl groups is 1. The summed E-state index contributed by atoms with van der Waals surface area (Å²) >= 11 is 0. The summed E-state index contributed by atoms with van der Waals surface area (Å²) in [6, 6.07) is 1.94. The highest BCUT2D eigenvalue weighted by Gasteiger charge is 2.33. The molecule has 0 bridgehead atoms. The standard InChI is InChI=1S/C13H21NO2/c1-13(15,12-4-2-3-5-12)10-14-8-11-6-7-16-9-11/h6-7,9,12,14-15H,2-5,8,10H2,1H3. The molecule has 1 fully saturated rings. The first-order valence-electron chi connectivity index (χ1n) is 6.13. The normalized spacial score (nSPS) is 21.1. The predicted molar refractivity (Wildman–Crippen MR) is 63.0 cm³/mol. The van der Waals surface area contributed by atoms with Crippen molar-refractivity contribution in [3.05, 3.63) is 24.2 Å². The quantitative estimate of drug-likeness (QED) is 0.805. The summed E-state index contributed by atoms with van der Waals surface area (Å²) in [7, 11) is 0. The number of furan rings is 1. The van der Waals surface area contributed by atoms with Gasteiger partial charge in [0, 0.05) is 18.7 Å². The lowest BCUT2D eigenvalue weighted by Crippen LogP contribution is -2.43.